The number of aryl methyl sites for hydroxylation is 1. The zero-order valence-electron chi connectivity index (χ0n) is 12.4. The van der Waals surface area contributed by atoms with Crippen LogP contribution in [0, 0.1) is 12.8 Å². The van der Waals surface area contributed by atoms with Gasteiger partial charge in [-0.25, -0.2) is 8.42 Å². The van der Waals surface area contributed by atoms with Gasteiger partial charge in [0.25, 0.3) is 0 Å². The summed E-state index contributed by atoms with van der Waals surface area (Å²) in [4.78, 5) is 11.9. The van der Waals surface area contributed by atoms with E-state index in [1.807, 2.05) is 25.1 Å². The predicted octanol–water partition coefficient (Wildman–Crippen LogP) is 1.10. The topological polar surface area (TPSA) is 72.5 Å². The lowest BCUT2D eigenvalue weighted by atomic mass is 10.1. The second-order valence-electron chi connectivity index (χ2n) is 5.46. The van der Waals surface area contributed by atoms with Crippen molar-refractivity contribution in [3.8, 4) is 5.75 Å². The maximum atomic E-state index is 11.9. The fourth-order valence-electron chi connectivity index (χ4n) is 2.57. The molecule has 1 saturated heterocycles. The molecule has 0 bridgehead atoms. The average Bonchev–Trinajstić information content (AvgIpc) is 2.79. The van der Waals surface area contributed by atoms with Crippen molar-refractivity contribution in [2.45, 2.75) is 19.8 Å². The Hall–Kier alpha value is -1.56. The first-order valence-electron chi connectivity index (χ1n) is 7.03. The third kappa shape index (κ3) is 4.20. The largest absolute Gasteiger partial charge is 0.496 e. The highest BCUT2D eigenvalue weighted by atomic mass is 32.2. The van der Waals surface area contributed by atoms with Crippen LogP contribution >= 0.6 is 0 Å². The molecule has 1 unspecified atom stereocenters. The molecular formula is C15H21NO4S. The van der Waals surface area contributed by atoms with Gasteiger partial charge in [0.15, 0.2) is 9.84 Å². The summed E-state index contributed by atoms with van der Waals surface area (Å²) >= 11 is 0. The van der Waals surface area contributed by atoms with Crippen LogP contribution in [-0.2, 0) is 21.1 Å². The fraction of sp³-hybridized carbons (Fsp3) is 0.533. The van der Waals surface area contributed by atoms with Crippen LogP contribution in [0.15, 0.2) is 18.2 Å². The molecule has 21 heavy (non-hydrogen) atoms. The van der Waals surface area contributed by atoms with E-state index in [2.05, 4.69) is 5.32 Å². The van der Waals surface area contributed by atoms with E-state index in [9.17, 15) is 13.2 Å². The first-order valence-corrected chi connectivity index (χ1v) is 8.85. The highest BCUT2D eigenvalue weighted by Crippen LogP contribution is 2.20. The zero-order valence-corrected chi connectivity index (χ0v) is 13.2. The second-order valence-corrected chi connectivity index (χ2v) is 7.69. The van der Waals surface area contributed by atoms with Gasteiger partial charge in [0.05, 0.1) is 24.5 Å². The van der Waals surface area contributed by atoms with E-state index in [-0.39, 0.29) is 17.4 Å². The van der Waals surface area contributed by atoms with Crippen molar-refractivity contribution < 1.29 is 17.9 Å². The van der Waals surface area contributed by atoms with Gasteiger partial charge in [0, 0.05) is 6.54 Å². The molecule has 1 fully saturated rings. The Morgan fingerprint density at radius 1 is 1.43 bits per heavy atom. The summed E-state index contributed by atoms with van der Waals surface area (Å²) in [6.45, 7) is 2.49. The molecule has 1 aromatic rings. The van der Waals surface area contributed by atoms with E-state index in [1.54, 1.807) is 7.11 Å². The average molecular weight is 311 g/mol. The number of methoxy groups -OCH3 is 1. The van der Waals surface area contributed by atoms with Crippen LogP contribution in [0.1, 0.15) is 17.5 Å². The highest BCUT2D eigenvalue weighted by molar-refractivity contribution is 7.91. The van der Waals surface area contributed by atoms with Crippen LogP contribution in [0.25, 0.3) is 0 Å². The van der Waals surface area contributed by atoms with E-state index in [0.29, 0.717) is 19.4 Å². The summed E-state index contributed by atoms with van der Waals surface area (Å²) in [5.41, 5.74) is 2.18. The summed E-state index contributed by atoms with van der Waals surface area (Å²) in [6, 6.07) is 5.92. The van der Waals surface area contributed by atoms with E-state index in [4.69, 9.17) is 4.74 Å². The van der Waals surface area contributed by atoms with Gasteiger partial charge < -0.3 is 10.1 Å². The monoisotopic (exact) mass is 311 g/mol. The highest BCUT2D eigenvalue weighted by Gasteiger charge is 2.32. The van der Waals surface area contributed by atoms with Gasteiger partial charge in [0.2, 0.25) is 5.91 Å². The molecular weight excluding hydrogens is 290 g/mol. The Bertz CT molecular complexity index is 625. The van der Waals surface area contributed by atoms with Crippen molar-refractivity contribution in [1.82, 2.24) is 5.32 Å². The van der Waals surface area contributed by atoms with Crippen LogP contribution in [-0.4, -0.2) is 39.5 Å². The molecule has 1 aliphatic heterocycles. The van der Waals surface area contributed by atoms with Crippen LogP contribution in [0.3, 0.4) is 0 Å². The minimum atomic E-state index is -3.01. The number of ether oxygens (including phenoxy) is 1. The molecule has 0 radical (unpaired) electrons. The van der Waals surface area contributed by atoms with Crippen molar-refractivity contribution in [2.75, 3.05) is 25.2 Å². The van der Waals surface area contributed by atoms with E-state index in [0.717, 1.165) is 16.9 Å². The van der Waals surface area contributed by atoms with Gasteiger partial charge in [-0.05, 0) is 31.4 Å². The Labute approximate surface area is 125 Å². The van der Waals surface area contributed by atoms with Crippen LogP contribution < -0.4 is 10.1 Å². The lowest BCUT2D eigenvalue weighted by Crippen LogP contribution is -2.32. The maximum absolute atomic E-state index is 11.9. The number of sulfone groups is 1. The van der Waals surface area contributed by atoms with Crippen molar-refractivity contribution in [3.63, 3.8) is 0 Å². The standard InChI is InChI=1S/C15H21NO4S/c1-11-3-4-14(20-2)12(9-11)5-7-16-15(17)13-6-8-21(18,19)10-13/h3-4,9,13H,5-8,10H2,1-2H3,(H,16,17). The Kier molecular flexibility index (Phi) is 4.88. The summed E-state index contributed by atoms with van der Waals surface area (Å²) in [6.07, 6.45) is 1.10. The zero-order chi connectivity index (χ0) is 15.5. The minimum Gasteiger partial charge on any atom is -0.496 e. The van der Waals surface area contributed by atoms with E-state index < -0.39 is 15.8 Å². The normalized spacial score (nSPS) is 20.2. The number of nitrogens with one attached hydrogen (secondary N) is 1. The first kappa shape index (κ1) is 15.8. The molecule has 1 atom stereocenters. The molecule has 5 nitrogen and oxygen atoms in total. The van der Waals surface area contributed by atoms with Crippen molar-refractivity contribution in [3.05, 3.63) is 29.3 Å². The first-order chi connectivity index (χ1) is 9.91. The van der Waals surface area contributed by atoms with Crippen LogP contribution in [0.2, 0.25) is 0 Å². The number of carbonyl (C=O) groups excluding carboxylic acids is 1. The summed E-state index contributed by atoms with van der Waals surface area (Å²) < 4.78 is 28.0. The fourth-order valence-corrected chi connectivity index (χ4v) is 4.31. The third-order valence-electron chi connectivity index (χ3n) is 3.73. The molecule has 2 rings (SSSR count). The Balaban J connectivity index is 1.87. The van der Waals surface area contributed by atoms with Gasteiger partial charge in [-0.15, -0.1) is 0 Å². The summed E-state index contributed by atoms with van der Waals surface area (Å²) in [5, 5.41) is 2.82. The Morgan fingerprint density at radius 3 is 2.81 bits per heavy atom. The number of amides is 1. The van der Waals surface area contributed by atoms with Crippen molar-refractivity contribution >= 4 is 15.7 Å². The number of hydrogen-bond donors (Lipinski definition) is 1. The summed E-state index contributed by atoms with van der Waals surface area (Å²) in [7, 11) is -1.39. The minimum absolute atomic E-state index is 0.0212. The van der Waals surface area contributed by atoms with Gasteiger partial charge in [-0.2, -0.15) is 0 Å². The molecule has 0 saturated carbocycles. The second kappa shape index (κ2) is 6.47. The predicted molar refractivity (Wildman–Crippen MR) is 81.2 cm³/mol. The van der Waals surface area contributed by atoms with Crippen molar-refractivity contribution in [2.24, 2.45) is 5.92 Å². The lowest BCUT2D eigenvalue weighted by Gasteiger charge is -2.12. The molecule has 1 N–H and O–H groups in total. The Morgan fingerprint density at radius 2 is 2.19 bits per heavy atom. The van der Waals surface area contributed by atoms with Crippen molar-refractivity contribution in [1.29, 1.82) is 0 Å². The smallest absolute Gasteiger partial charge is 0.224 e. The van der Waals surface area contributed by atoms with Gasteiger partial charge in [-0.3, -0.25) is 4.79 Å². The van der Waals surface area contributed by atoms with Gasteiger partial charge in [0.1, 0.15) is 5.75 Å². The molecule has 0 aliphatic carbocycles. The molecule has 116 valence electrons. The van der Waals surface area contributed by atoms with E-state index >= 15 is 0 Å². The summed E-state index contributed by atoms with van der Waals surface area (Å²) in [5.74, 6) is 0.346. The molecule has 1 heterocycles. The number of benzene rings is 1. The van der Waals surface area contributed by atoms with Gasteiger partial charge in [-0.1, -0.05) is 17.7 Å². The SMILES string of the molecule is COc1ccc(C)cc1CCNC(=O)C1CCS(=O)(=O)C1. The number of carbonyl (C=O) groups is 1. The maximum Gasteiger partial charge on any atom is 0.224 e. The molecule has 1 amide bonds. The van der Waals surface area contributed by atoms with Crippen LogP contribution in [0.5, 0.6) is 5.75 Å². The lowest BCUT2D eigenvalue weighted by molar-refractivity contribution is -0.124. The number of hydrogen-bond acceptors (Lipinski definition) is 4. The molecule has 1 aliphatic rings. The molecule has 0 spiro atoms. The van der Waals surface area contributed by atoms with Gasteiger partial charge >= 0.3 is 0 Å². The molecule has 6 heteroatoms. The molecule has 1 aromatic carbocycles. The van der Waals surface area contributed by atoms with Crippen LogP contribution in [0.4, 0.5) is 0 Å². The number of rotatable bonds is 5. The molecule has 0 aromatic heterocycles. The quantitative estimate of drug-likeness (QED) is 0.884. The third-order valence-corrected chi connectivity index (χ3v) is 5.50. The van der Waals surface area contributed by atoms with E-state index in [1.165, 1.54) is 0 Å².